The molecular formula is C24H20ClFN4O3S2. The minimum atomic E-state index is -1.73. The molecule has 7 nitrogen and oxygen atoms in total. The van der Waals surface area contributed by atoms with Gasteiger partial charge in [-0.1, -0.05) is 11.6 Å². The van der Waals surface area contributed by atoms with Crippen molar-refractivity contribution in [1.82, 2.24) is 9.29 Å². The highest BCUT2D eigenvalue weighted by molar-refractivity contribution is 7.86. The summed E-state index contributed by atoms with van der Waals surface area (Å²) in [6, 6.07) is 12.5. The molecule has 1 fully saturated rings. The molecular weight excluding hydrogens is 511 g/mol. The zero-order valence-corrected chi connectivity index (χ0v) is 20.8. The number of urea groups is 1. The van der Waals surface area contributed by atoms with Gasteiger partial charge in [0, 0.05) is 24.6 Å². The fourth-order valence-corrected chi connectivity index (χ4v) is 6.01. The summed E-state index contributed by atoms with van der Waals surface area (Å²) in [5.74, 6) is -0.250. The van der Waals surface area contributed by atoms with Crippen molar-refractivity contribution in [2.75, 3.05) is 17.7 Å². The predicted octanol–water partition coefficient (Wildman–Crippen LogP) is 5.61. The third kappa shape index (κ3) is 4.82. The minimum Gasteiger partial charge on any atom is -0.386 e. The predicted molar refractivity (Wildman–Crippen MR) is 139 cm³/mol. The summed E-state index contributed by atoms with van der Waals surface area (Å²) in [6.07, 6.45) is 3.58. The number of aromatic nitrogens is 1. The van der Waals surface area contributed by atoms with Gasteiger partial charge in [0.25, 0.3) is 5.56 Å². The number of rotatable bonds is 6. The lowest BCUT2D eigenvalue weighted by atomic mass is 10.1. The van der Waals surface area contributed by atoms with Crippen LogP contribution in [0, 0.1) is 5.82 Å². The SMILES string of the molecule is CNc1cc2ccn(-c3ccc(NC(=O)NS(=O)c4ccc(Cl)s4)c(C4CC4)c3)c(=O)c2cc1F. The van der Waals surface area contributed by atoms with E-state index in [1.807, 2.05) is 6.07 Å². The number of benzene rings is 2. The molecule has 0 saturated heterocycles. The van der Waals surface area contributed by atoms with Gasteiger partial charge in [0.15, 0.2) is 11.0 Å². The molecule has 35 heavy (non-hydrogen) atoms. The van der Waals surface area contributed by atoms with E-state index in [0.717, 1.165) is 29.7 Å². The van der Waals surface area contributed by atoms with Crippen LogP contribution in [0.2, 0.25) is 4.34 Å². The van der Waals surface area contributed by atoms with Crippen molar-refractivity contribution in [2.45, 2.75) is 23.0 Å². The highest BCUT2D eigenvalue weighted by Gasteiger charge is 2.27. The van der Waals surface area contributed by atoms with Gasteiger partial charge in [0.1, 0.15) is 10.0 Å². The zero-order chi connectivity index (χ0) is 24.7. The van der Waals surface area contributed by atoms with E-state index in [1.54, 1.807) is 49.6 Å². The van der Waals surface area contributed by atoms with E-state index in [0.29, 0.717) is 31.0 Å². The molecule has 0 aliphatic heterocycles. The number of nitrogens with one attached hydrogen (secondary N) is 3. The Morgan fingerprint density at radius 3 is 2.63 bits per heavy atom. The number of amides is 2. The number of carbonyl (C=O) groups is 1. The molecule has 1 saturated carbocycles. The van der Waals surface area contributed by atoms with E-state index in [-0.39, 0.29) is 16.9 Å². The topological polar surface area (TPSA) is 92.2 Å². The van der Waals surface area contributed by atoms with Gasteiger partial charge in [-0.3, -0.25) is 14.1 Å². The lowest BCUT2D eigenvalue weighted by molar-refractivity contribution is 0.257. The molecule has 0 radical (unpaired) electrons. The van der Waals surface area contributed by atoms with Crippen molar-refractivity contribution < 1.29 is 13.4 Å². The first-order valence-electron chi connectivity index (χ1n) is 10.8. The lowest BCUT2D eigenvalue weighted by Crippen LogP contribution is -2.30. The van der Waals surface area contributed by atoms with Gasteiger partial charge in [-0.25, -0.2) is 13.4 Å². The standard InChI is InChI=1S/C24H20ClFN4O3S2/c1-27-20-10-14-8-9-30(23(31)17(14)12-18(20)26)15-4-5-19(16(11-15)13-2-3-13)28-24(32)29-35(33)22-7-6-21(25)34-22/h4-13,27H,2-3H2,1H3,(H2,28,29,32). The molecule has 3 N–H and O–H groups in total. The quantitative estimate of drug-likeness (QED) is 0.302. The van der Waals surface area contributed by atoms with E-state index in [2.05, 4.69) is 15.4 Å². The number of thiophene rings is 1. The summed E-state index contributed by atoms with van der Waals surface area (Å²) in [6.45, 7) is 0. The molecule has 1 aliphatic carbocycles. The summed E-state index contributed by atoms with van der Waals surface area (Å²) in [7, 11) is -0.111. The van der Waals surface area contributed by atoms with Crippen LogP contribution >= 0.6 is 22.9 Å². The summed E-state index contributed by atoms with van der Waals surface area (Å²) in [5, 5.41) is 6.45. The number of fused-ring (bicyclic) bond motifs is 1. The third-order valence-electron chi connectivity index (χ3n) is 5.76. The van der Waals surface area contributed by atoms with Gasteiger partial charge in [0.05, 0.1) is 15.4 Å². The smallest absolute Gasteiger partial charge is 0.331 e. The maximum absolute atomic E-state index is 14.3. The Bertz CT molecular complexity index is 1550. The second-order valence-corrected chi connectivity index (χ2v) is 11.2. The Morgan fingerprint density at radius 1 is 1.14 bits per heavy atom. The first-order valence-corrected chi connectivity index (χ1v) is 13.1. The van der Waals surface area contributed by atoms with Crippen LogP contribution in [0.3, 0.4) is 0 Å². The maximum Gasteiger partial charge on any atom is 0.331 e. The Labute approximate surface area is 211 Å². The van der Waals surface area contributed by atoms with Gasteiger partial charge < -0.3 is 10.6 Å². The molecule has 5 rings (SSSR count). The van der Waals surface area contributed by atoms with Crippen molar-refractivity contribution in [3.05, 3.63) is 80.8 Å². The second-order valence-electron chi connectivity index (χ2n) is 8.09. The Morgan fingerprint density at radius 2 is 1.94 bits per heavy atom. The van der Waals surface area contributed by atoms with Crippen LogP contribution in [-0.4, -0.2) is 21.9 Å². The van der Waals surface area contributed by atoms with Gasteiger partial charge >= 0.3 is 6.03 Å². The van der Waals surface area contributed by atoms with Crippen molar-refractivity contribution >= 4 is 62.1 Å². The molecule has 2 heterocycles. The molecule has 2 aromatic heterocycles. The Balaban J connectivity index is 1.43. The van der Waals surface area contributed by atoms with Crippen molar-refractivity contribution in [3.63, 3.8) is 0 Å². The largest absolute Gasteiger partial charge is 0.386 e. The van der Waals surface area contributed by atoms with Crippen LogP contribution in [0.25, 0.3) is 16.5 Å². The zero-order valence-electron chi connectivity index (χ0n) is 18.4. The minimum absolute atomic E-state index is 0.249. The summed E-state index contributed by atoms with van der Waals surface area (Å²) in [5.41, 5.74) is 2.05. The van der Waals surface area contributed by atoms with E-state index in [1.165, 1.54) is 10.6 Å². The van der Waals surface area contributed by atoms with Gasteiger partial charge in [-0.2, -0.15) is 0 Å². The number of halogens is 2. The lowest BCUT2D eigenvalue weighted by Gasteiger charge is -2.15. The molecule has 11 heteroatoms. The van der Waals surface area contributed by atoms with Crippen molar-refractivity contribution in [3.8, 4) is 5.69 Å². The number of nitrogens with zero attached hydrogens (tertiary/aromatic N) is 1. The van der Waals surface area contributed by atoms with Gasteiger partial charge in [0.2, 0.25) is 0 Å². The van der Waals surface area contributed by atoms with E-state index in [9.17, 15) is 18.2 Å². The van der Waals surface area contributed by atoms with Gasteiger partial charge in [-0.05, 0) is 78.2 Å². The number of carbonyl (C=O) groups excluding carboxylic acids is 1. The first kappa shape index (κ1) is 23.5. The molecule has 1 atom stereocenters. The number of hydrogen-bond acceptors (Lipinski definition) is 5. The fourth-order valence-electron chi connectivity index (χ4n) is 3.89. The van der Waals surface area contributed by atoms with Crippen LogP contribution in [0.5, 0.6) is 0 Å². The summed E-state index contributed by atoms with van der Waals surface area (Å²) >= 11 is 7.00. The third-order valence-corrected chi connectivity index (χ3v) is 8.36. The summed E-state index contributed by atoms with van der Waals surface area (Å²) < 4.78 is 31.5. The maximum atomic E-state index is 14.3. The molecule has 180 valence electrons. The van der Waals surface area contributed by atoms with Gasteiger partial charge in [-0.15, -0.1) is 11.3 Å². The average Bonchev–Trinajstić information content (AvgIpc) is 3.59. The molecule has 2 amide bonds. The van der Waals surface area contributed by atoms with E-state index >= 15 is 0 Å². The van der Waals surface area contributed by atoms with Crippen molar-refractivity contribution in [2.24, 2.45) is 0 Å². The Hall–Kier alpha value is -3.21. The van der Waals surface area contributed by atoms with Crippen LogP contribution in [0.1, 0.15) is 24.3 Å². The monoisotopic (exact) mass is 530 g/mol. The van der Waals surface area contributed by atoms with Crippen LogP contribution in [0.4, 0.5) is 20.6 Å². The first-order chi connectivity index (χ1) is 16.8. The van der Waals surface area contributed by atoms with E-state index < -0.39 is 22.8 Å². The molecule has 1 unspecified atom stereocenters. The average molecular weight is 531 g/mol. The highest BCUT2D eigenvalue weighted by atomic mass is 35.5. The fraction of sp³-hybridized carbons (Fsp3) is 0.167. The summed E-state index contributed by atoms with van der Waals surface area (Å²) in [4.78, 5) is 25.7. The van der Waals surface area contributed by atoms with Crippen molar-refractivity contribution in [1.29, 1.82) is 0 Å². The highest BCUT2D eigenvalue weighted by Crippen LogP contribution is 2.44. The van der Waals surface area contributed by atoms with Crippen LogP contribution in [0.15, 0.2) is 63.7 Å². The normalized spacial score (nSPS) is 14.0. The van der Waals surface area contributed by atoms with Crippen LogP contribution in [-0.2, 0) is 11.0 Å². The van der Waals surface area contributed by atoms with E-state index in [4.69, 9.17) is 11.6 Å². The molecule has 1 aliphatic rings. The number of hydrogen-bond donors (Lipinski definition) is 3. The molecule has 4 aromatic rings. The molecule has 2 aromatic carbocycles. The van der Waals surface area contributed by atoms with Crippen LogP contribution < -0.4 is 20.9 Å². The second kappa shape index (κ2) is 9.44. The molecule has 0 bridgehead atoms. The molecule has 0 spiro atoms. The Kier molecular flexibility index (Phi) is 6.35. The number of anilines is 2. The number of pyridine rings is 1.